The first-order chi connectivity index (χ1) is 7.74. The highest BCUT2D eigenvalue weighted by Crippen LogP contribution is 1.98. The van der Waals surface area contributed by atoms with Crippen LogP contribution in [-0.2, 0) is 0 Å². The molecule has 1 aromatic rings. The molecule has 4 nitrogen and oxygen atoms in total. The molecule has 0 spiro atoms. The molecule has 0 saturated heterocycles. The number of pyridine rings is 1. The van der Waals surface area contributed by atoms with Crippen LogP contribution in [0.4, 0.5) is 4.39 Å². The number of hydrogen-bond donors (Lipinski definition) is 2. The van der Waals surface area contributed by atoms with Gasteiger partial charge in [0.25, 0.3) is 5.91 Å². The third-order valence-electron chi connectivity index (χ3n) is 2.13. The Morgan fingerprint density at radius 3 is 2.81 bits per heavy atom. The van der Waals surface area contributed by atoms with E-state index in [2.05, 4.69) is 10.3 Å². The van der Waals surface area contributed by atoms with Crippen LogP contribution >= 0.6 is 0 Å². The van der Waals surface area contributed by atoms with E-state index in [1.807, 2.05) is 0 Å². The molecule has 0 saturated carbocycles. The molecule has 0 radical (unpaired) electrons. The molecule has 0 unspecified atom stereocenters. The van der Waals surface area contributed by atoms with Crippen molar-refractivity contribution in [3.63, 3.8) is 0 Å². The summed E-state index contributed by atoms with van der Waals surface area (Å²) in [6.07, 6.45) is 3.88. The van der Waals surface area contributed by atoms with Crippen molar-refractivity contribution >= 4 is 5.91 Å². The molecule has 1 heterocycles. The number of aromatic nitrogens is 1. The smallest absolute Gasteiger partial charge is 0.269 e. The lowest BCUT2D eigenvalue weighted by Gasteiger charge is -2.03. The summed E-state index contributed by atoms with van der Waals surface area (Å²) in [5, 5.41) is 2.71. The predicted molar refractivity (Wildman–Crippen MR) is 59.4 cm³/mol. The zero-order chi connectivity index (χ0) is 11.8. The van der Waals surface area contributed by atoms with E-state index in [1.165, 1.54) is 12.1 Å². The standard InChI is InChI=1S/C11H16FN3O/c12-9-4-5-10(15-8-9)11(16)14-7-3-1-2-6-13/h4-5,8H,1-3,6-7,13H2,(H,14,16). The summed E-state index contributed by atoms with van der Waals surface area (Å²) in [4.78, 5) is 15.2. The van der Waals surface area contributed by atoms with Crippen LogP contribution in [-0.4, -0.2) is 24.0 Å². The zero-order valence-corrected chi connectivity index (χ0v) is 9.08. The van der Waals surface area contributed by atoms with E-state index in [0.29, 0.717) is 13.1 Å². The molecule has 0 aliphatic carbocycles. The Kier molecular flexibility index (Phi) is 5.42. The summed E-state index contributed by atoms with van der Waals surface area (Å²) in [5.74, 6) is -0.716. The second kappa shape index (κ2) is 6.90. The Balaban J connectivity index is 2.27. The van der Waals surface area contributed by atoms with Crippen LogP contribution in [0.5, 0.6) is 0 Å². The number of carbonyl (C=O) groups excluding carboxylic acids is 1. The van der Waals surface area contributed by atoms with Crippen LogP contribution in [0, 0.1) is 5.82 Å². The maximum Gasteiger partial charge on any atom is 0.269 e. The first-order valence-corrected chi connectivity index (χ1v) is 5.34. The topological polar surface area (TPSA) is 68.0 Å². The van der Waals surface area contributed by atoms with Crippen molar-refractivity contribution in [2.24, 2.45) is 5.73 Å². The maximum absolute atomic E-state index is 12.5. The average Bonchev–Trinajstić information content (AvgIpc) is 2.29. The van der Waals surface area contributed by atoms with E-state index in [1.54, 1.807) is 0 Å². The van der Waals surface area contributed by atoms with Gasteiger partial charge in [-0.2, -0.15) is 0 Å². The van der Waals surface area contributed by atoms with Crippen LogP contribution in [0.1, 0.15) is 29.8 Å². The minimum Gasteiger partial charge on any atom is -0.351 e. The zero-order valence-electron chi connectivity index (χ0n) is 9.08. The van der Waals surface area contributed by atoms with Gasteiger partial charge < -0.3 is 11.1 Å². The minimum atomic E-state index is -0.445. The van der Waals surface area contributed by atoms with Crippen molar-refractivity contribution in [2.75, 3.05) is 13.1 Å². The van der Waals surface area contributed by atoms with Gasteiger partial charge >= 0.3 is 0 Å². The fourth-order valence-corrected chi connectivity index (χ4v) is 1.25. The average molecular weight is 225 g/mol. The van der Waals surface area contributed by atoms with Gasteiger partial charge in [0.1, 0.15) is 11.5 Å². The van der Waals surface area contributed by atoms with Crippen LogP contribution in [0.25, 0.3) is 0 Å². The number of halogens is 1. The van der Waals surface area contributed by atoms with Gasteiger partial charge in [-0.1, -0.05) is 6.42 Å². The van der Waals surface area contributed by atoms with Gasteiger partial charge in [-0.3, -0.25) is 4.79 Å². The van der Waals surface area contributed by atoms with Gasteiger partial charge in [-0.25, -0.2) is 9.37 Å². The Morgan fingerprint density at radius 2 is 2.19 bits per heavy atom. The van der Waals surface area contributed by atoms with E-state index >= 15 is 0 Å². The fraction of sp³-hybridized carbons (Fsp3) is 0.455. The molecule has 1 amide bonds. The Morgan fingerprint density at radius 1 is 1.38 bits per heavy atom. The van der Waals surface area contributed by atoms with Gasteiger partial charge in [0.05, 0.1) is 6.20 Å². The molecule has 0 aliphatic heterocycles. The van der Waals surface area contributed by atoms with Gasteiger partial charge in [0.2, 0.25) is 0 Å². The second-order valence-corrected chi connectivity index (χ2v) is 3.47. The number of nitrogens with one attached hydrogen (secondary N) is 1. The fourth-order valence-electron chi connectivity index (χ4n) is 1.25. The summed E-state index contributed by atoms with van der Waals surface area (Å²) in [7, 11) is 0. The van der Waals surface area contributed by atoms with Crippen LogP contribution in [0.2, 0.25) is 0 Å². The molecule has 0 atom stereocenters. The first-order valence-electron chi connectivity index (χ1n) is 5.34. The van der Waals surface area contributed by atoms with Crippen molar-refractivity contribution in [3.8, 4) is 0 Å². The molecular weight excluding hydrogens is 209 g/mol. The lowest BCUT2D eigenvalue weighted by Crippen LogP contribution is -2.25. The molecule has 0 aromatic carbocycles. The van der Waals surface area contributed by atoms with Crippen molar-refractivity contribution < 1.29 is 9.18 Å². The van der Waals surface area contributed by atoms with E-state index in [4.69, 9.17) is 5.73 Å². The van der Waals surface area contributed by atoms with Gasteiger partial charge in [-0.15, -0.1) is 0 Å². The molecule has 0 bridgehead atoms. The molecule has 88 valence electrons. The van der Waals surface area contributed by atoms with Crippen LogP contribution in [0.3, 0.4) is 0 Å². The number of amides is 1. The third kappa shape index (κ3) is 4.35. The maximum atomic E-state index is 12.5. The van der Waals surface area contributed by atoms with Crippen molar-refractivity contribution in [3.05, 3.63) is 29.8 Å². The Bertz CT molecular complexity index is 327. The van der Waals surface area contributed by atoms with Gasteiger partial charge in [0.15, 0.2) is 0 Å². The number of nitrogens with zero attached hydrogens (tertiary/aromatic N) is 1. The quantitative estimate of drug-likeness (QED) is 0.712. The molecule has 1 rings (SSSR count). The molecular formula is C11H16FN3O. The van der Waals surface area contributed by atoms with E-state index in [0.717, 1.165) is 25.5 Å². The van der Waals surface area contributed by atoms with Gasteiger partial charge in [-0.05, 0) is 31.5 Å². The van der Waals surface area contributed by atoms with Crippen molar-refractivity contribution in [2.45, 2.75) is 19.3 Å². The second-order valence-electron chi connectivity index (χ2n) is 3.47. The van der Waals surface area contributed by atoms with E-state index in [9.17, 15) is 9.18 Å². The highest BCUT2D eigenvalue weighted by Gasteiger charge is 2.05. The third-order valence-corrected chi connectivity index (χ3v) is 2.13. The SMILES string of the molecule is NCCCCCNC(=O)c1ccc(F)cn1. The number of nitrogens with two attached hydrogens (primary N) is 1. The summed E-state index contributed by atoms with van der Waals surface area (Å²) in [6, 6.07) is 2.58. The predicted octanol–water partition coefficient (Wildman–Crippen LogP) is 1.08. The molecule has 16 heavy (non-hydrogen) atoms. The summed E-state index contributed by atoms with van der Waals surface area (Å²) in [6.45, 7) is 1.27. The van der Waals surface area contributed by atoms with Gasteiger partial charge in [0, 0.05) is 6.54 Å². The molecule has 1 aromatic heterocycles. The van der Waals surface area contributed by atoms with Crippen LogP contribution < -0.4 is 11.1 Å². The number of rotatable bonds is 6. The molecule has 5 heteroatoms. The normalized spacial score (nSPS) is 10.1. The number of unbranched alkanes of at least 4 members (excludes halogenated alkanes) is 2. The lowest BCUT2D eigenvalue weighted by atomic mass is 10.2. The molecule has 0 aliphatic rings. The number of carbonyl (C=O) groups is 1. The monoisotopic (exact) mass is 225 g/mol. The highest BCUT2D eigenvalue weighted by atomic mass is 19.1. The summed E-state index contributed by atoms with van der Waals surface area (Å²) in [5.41, 5.74) is 5.58. The van der Waals surface area contributed by atoms with Crippen molar-refractivity contribution in [1.82, 2.24) is 10.3 Å². The molecule has 3 N–H and O–H groups in total. The lowest BCUT2D eigenvalue weighted by molar-refractivity contribution is 0.0948. The van der Waals surface area contributed by atoms with Crippen LogP contribution in [0.15, 0.2) is 18.3 Å². The molecule has 0 fully saturated rings. The summed E-state index contributed by atoms with van der Waals surface area (Å²) >= 11 is 0. The minimum absolute atomic E-state index is 0.236. The largest absolute Gasteiger partial charge is 0.351 e. The highest BCUT2D eigenvalue weighted by molar-refractivity contribution is 5.92. The van der Waals surface area contributed by atoms with E-state index in [-0.39, 0.29) is 11.6 Å². The number of hydrogen-bond acceptors (Lipinski definition) is 3. The first kappa shape index (κ1) is 12.6. The Labute approximate surface area is 94.1 Å². The Hall–Kier alpha value is -1.49. The van der Waals surface area contributed by atoms with Crippen molar-refractivity contribution in [1.29, 1.82) is 0 Å². The van der Waals surface area contributed by atoms with E-state index < -0.39 is 5.82 Å². The summed E-state index contributed by atoms with van der Waals surface area (Å²) < 4.78 is 12.5.